The minimum Gasteiger partial charge on any atom is -0.393 e. The number of hydrogen-bond donors (Lipinski definition) is 2. The third kappa shape index (κ3) is 3.23. The van der Waals surface area contributed by atoms with Gasteiger partial charge < -0.3 is 19.7 Å². The zero-order valence-electron chi connectivity index (χ0n) is 22.2. The molecule has 6 rings (SSSR count). The highest BCUT2D eigenvalue weighted by atomic mass is 16.7. The summed E-state index contributed by atoms with van der Waals surface area (Å²) in [5.74, 6) is 0.291. The predicted molar refractivity (Wildman–Crippen MR) is 134 cm³/mol. The molecular formula is C30H42O6. The number of rotatable bonds is 3. The van der Waals surface area contributed by atoms with E-state index in [0.29, 0.717) is 18.3 Å². The Morgan fingerprint density at radius 2 is 1.86 bits per heavy atom. The zero-order chi connectivity index (χ0) is 25.7. The molecule has 0 bridgehead atoms. The maximum atomic E-state index is 13.6. The molecule has 2 N–H and O–H groups in total. The van der Waals surface area contributed by atoms with Gasteiger partial charge in [0.25, 0.3) is 0 Å². The summed E-state index contributed by atoms with van der Waals surface area (Å²) in [6.45, 7) is 8.29. The average molecular weight is 499 g/mol. The van der Waals surface area contributed by atoms with Gasteiger partial charge in [-0.05, 0) is 80.8 Å². The lowest BCUT2D eigenvalue weighted by Crippen LogP contribution is -2.63. The van der Waals surface area contributed by atoms with Crippen molar-refractivity contribution in [2.45, 2.75) is 103 Å². The fourth-order valence-electron chi connectivity index (χ4n) is 9.62. The lowest BCUT2D eigenvalue weighted by Gasteiger charge is -2.59. The Labute approximate surface area is 214 Å². The smallest absolute Gasteiger partial charge is 0.193 e. The van der Waals surface area contributed by atoms with Crippen LogP contribution in [0.5, 0.6) is 0 Å². The van der Waals surface area contributed by atoms with Crippen LogP contribution in [-0.2, 0) is 19.1 Å². The maximum Gasteiger partial charge on any atom is 0.193 e. The molecule has 0 aromatic heterocycles. The van der Waals surface area contributed by atoms with Crippen molar-refractivity contribution in [3.63, 3.8) is 0 Å². The van der Waals surface area contributed by atoms with Gasteiger partial charge in [-0.2, -0.15) is 0 Å². The third-order valence-electron chi connectivity index (χ3n) is 11.6. The fraction of sp³-hybridized carbons (Fsp3) is 0.800. The zero-order valence-corrected chi connectivity index (χ0v) is 22.2. The first-order valence-corrected chi connectivity index (χ1v) is 14.0. The number of carbonyl (C=O) groups is 2. The summed E-state index contributed by atoms with van der Waals surface area (Å²) in [6, 6.07) is 0. The van der Waals surface area contributed by atoms with Crippen LogP contribution in [0.2, 0.25) is 0 Å². The Morgan fingerprint density at radius 3 is 2.56 bits per heavy atom. The highest BCUT2D eigenvalue weighted by molar-refractivity contribution is 6.01. The van der Waals surface area contributed by atoms with E-state index in [1.807, 2.05) is 6.08 Å². The Morgan fingerprint density at radius 1 is 1.14 bits per heavy atom. The first kappa shape index (κ1) is 25.0. The molecule has 0 aromatic carbocycles. The van der Waals surface area contributed by atoms with Gasteiger partial charge in [-0.3, -0.25) is 9.59 Å². The van der Waals surface area contributed by atoms with Crippen LogP contribution in [0, 0.1) is 39.9 Å². The van der Waals surface area contributed by atoms with Gasteiger partial charge in [0.05, 0.1) is 12.2 Å². The second-order valence-electron chi connectivity index (χ2n) is 13.9. The van der Waals surface area contributed by atoms with Crippen molar-refractivity contribution in [1.29, 1.82) is 0 Å². The molecule has 0 spiro atoms. The van der Waals surface area contributed by atoms with Gasteiger partial charge in [0.2, 0.25) is 0 Å². The van der Waals surface area contributed by atoms with Crippen LogP contribution in [-0.4, -0.2) is 52.5 Å². The minimum atomic E-state index is -1.22. The molecule has 1 aliphatic heterocycles. The molecule has 6 aliphatic rings. The molecule has 0 radical (unpaired) electrons. The number of hydrogen-bond acceptors (Lipinski definition) is 6. The summed E-state index contributed by atoms with van der Waals surface area (Å²) in [4.78, 5) is 25.7. The van der Waals surface area contributed by atoms with Crippen molar-refractivity contribution in [2.75, 3.05) is 6.61 Å². The number of carbonyl (C=O) groups excluding carboxylic acids is 2. The van der Waals surface area contributed by atoms with Crippen LogP contribution in [0.1, 0.15) is 79.1 Å². The maximum absolute atomic E-state index is 13.6. The van der Waals surface area contributed by atoms with E-state index in [0.717, 1.165) is 44.1 Å². The van der Waals surface area contributed by atoms with Gasteiger partial charge in [-0.15, -0.1) is 0 Å². The van der Waals surface area contributed by atoms with E-state index in [2.05, 4.69) is 27.7 Å². The molecule has 6 heteroatoms. The van der Waals surface area contributed by atoms with Gasteiger partial charge >= 0.3 is 0 Å². The summed E-state index contributed by atoms with van der Waals surface area (Å²) in [5, 5.41) is 21.9. The molecule has 1 saturated heterocycles. The third-order valence-corrected chi connectivity index (χ3v) is 11.6. The number of aliphatic hydroxyl groups is 2. The van der Waals surface area contributed by atoms with Crippen LogP contribution >= 0.6 is 0 Å². The van der Waals surface area contributed by atoms with Crippen LogP contribution in [0.4, 0.5) is 0 Å². The average Bonchev–Trinajstić information content (AvgIpc) is 3.32. The summed E-state index contributed by atoms with van der Waals surface area (Å²) >= 11 is 0. The lowest BCUT2D eigenvalue weighted by molar-refractivity contribution is -0.210. The van der Waals surface area contributed by atoms with E-state index in [1.54, 1.807) is 12.2 Å². The van der Waals surface area contributed by atoms with Gasteiger partial charge in [0.1, 0.15) is 6.61 Å². The van der Waals surface area contributed by atoms with E-state index < -0.39 is 36.1 Å². The Bertz CT molecular complexity index is 1020. The van der Waals surface area contributed by atoms with Crippen molar-refractivity contribution in [2.24, 2.45) is 39.9 Å². The highest BCUT2D eigenvalue weighted by Gasteiger charge is 2.76. The van der Waals surface area contributed by atoms with Gasteiger partial charge in [-0.25, -0.2) is 0 Å². The molecule has 198 valence electrons. The summed E-state index contributed by atoms with van der Waals surface area (Å²) < 4.78 is 13.4. The van der Waals surface area contributed by atoms with E-state index in [-0.39, 0.29) is 40.7 Å². The van der Waals surface area contributed by atoms with Crippen LogP contribution < -0.4 is 0 Å². The molecule has 5 fully saturated rings. The standard InChI is InChI=1S/C30H42O6/c1-27(2)10-7-17(8-11-27)26-35-24-14-21-20-6-5-18-13-19(32)9-12-28(18,3)25(20)22(33)15-29(21,4)30(24,36-26)23(34)16-31/h9,12-13,17,20-22,24-26,31,33H,5-8,10-11,14-16H2,1-4H3/t20-,21-,22-,24+,25+,26?,28-,29-,30+/m0/s1. The topological polar surface area (TPSA) is 93.1 Å². The normalized spacial score (nSPS) is 49.6. The van der Waals surface area contributed by atoms with E-state index >= 15 is 0 Å². The molecule has 9 atom stereocenters. The summed E-state index contributed by atoms with van der Waals surface area (Å²) in [5.41, 5.74) is -0.752. The minimum absolute atomic E-state index is 0.0172. The largest absolute Gasteiger partial charge is 0.393 e. The summed E-state index contributed by atoms with van der Waals surface area (Å²) in [7, 11) is 0. The first-order chi connectivity index (χ1) is 16.9. The van der Waals surface area contributed by atoms with Crippen molar-refractivity contribution in [3.05, 3.63) is 23.8 Å². The van der Waals surface area contributed by atoms with Crippen LogP contribution in [0.15, 0.2) is 23.8 Å². The quantitative estimate of drug-likeness (QED) is 0.608. The molecule has 0 amide bonds. The molecule has 6 nitrogen and oxygen atoms in total. The second kappa shape index (κ2) is 8.08. The fourth-order valence-corrected chi connectivity index (χ4v) is 9.62. The molecule has 36 heavy (non-hydrogen) atoms. The Balaban J connectivity index is 1.33. The van der Waals surface area contributed by atoms with Gasteiger partial charge in [0, 0.05) is 22.7 Å². The SMILES string of the molecule is CC1(C)CCC(C2O[C@@H]3C[C@H]4[C@@H]5CCC6=CC(=O)C=C[C@]6(C)[C@H]5[C@@H](O)C[C@]4(C)[C@]3(C(=O)CO)O2)CC1. The van der Waals surface area contributed by atoms with Crippen LogP contribution in [0.25, 0.3) is 0 Å². The molecule has 0 aromatic rings. The number of ether oxygens (including phenoxy) is 2. The second-order valence-corrected chi connectivity index (χ2v) is 13.9. The van der Waals surface area contributed by atoms with Crippen molar-refractivity contribution >= 4 is 11.6 Å². The molecule has 5 aliphatic carbocycles. The van der Waals surface area contributed by atoms with E-state index in [1.165, 1.54) is 0 Å². The molecule has 1 heterocycles. The highest BCUT2D eigenvalue weighted by Crippen LogP contribution is 2.70. The van der Waals surface area contributed by atoms with E-state index in [9.17, 15) is 19.8 Å². The lowest BCUT2D eigenvalue weighted by atomic mass is 9.46. The summed E-state index contributed by atoms with van der Waals surface area (Å²) in [6.07, 6.45) is 11.0. The van der Waals surface area contributed by atoms with Crippen LogP contribution in [0.3, 0.4) is 0 Å². The molecular weight excluding hydrogens is 456 g/mol. The Kier molecular flexibility index (Phi) is 5.60. The van der Waals surface area contributed by atoms with Crippen molar-refractivity contribution < 1.29 is 29.3 Å². The Hall–Kier alpha value is -1.34. The van der Waals surface area contributed by atoms with Crippen molar-refractivity contribution in [3.8, 4) is 0 Å². The number of fused-ring (bicyclic) bond motifs is 7. The number of ketones is 2. The number of aliphatic hydroxyl groups excluding tert-OH is 2. The van der Waals surface area contributed by atoms with E-state index in [4.69, 9.17) is 9.47 Å². The monoisotopic (exact) mass is 498 g/mol. The predicted octanol–water partition coefficient (Wildman–Crippen LogP) is 4.13. The molecule has 4 saturated carbocycles. The number of allylic oxidation sites excluding steroid dienone is 4. The molecule has 1 unspecified atom stereocenters. The number of Topliss-reactive ketones (excluding diaryl/α,β-unsaturated/α-hetero) is 1. The first-order valence-electron chi connectivity index (χ1n) is 14.0. The van der Waals surface area contributed by atoms with Gasteiger partial charge in [-0.1, -0.05) is 39.3 Å². The van der Waals surface area contributed by atoms with Crippen molar-refractivity contribution in [1.82, 2.24) is 0 Å². The van der Waals surface area contributed by atoms with Gasteiger partial charge in [0.15, 0.2) is 23.5 Å².